The van der Waals surface area contributed by atoms with E-state index < -0.39 is 11.7 Å². The third kappa shape index (κ3) is 3.96. The summed E-state index contributed by atoms with van der Waals surface area (Å²) < 4.78 is 16.1. The predicted octanol–water partition coefficient (Wildman–Crippen LogP) is 3.64. The number of benzene rings is 2. The highest BCUT2D eigenvalue weighted by Gasteiger charge is 2.24. The second kappa shape index (κ2) is 8.10. The molecule has 1 atom stereocenters. The lowest BCUT2D eigenvalue weighted by Gasteiger charge is -2.25. The van der Waals surface area contributed by atoms with Crippen molar-refractivity contribution in [1.82, 2.24) is 14.9 Å². The fraction of sp³-hybridized carbons (Fsp3) is 0.261. The van der Waals surface area contributed by atoms with Crippen molar-refractivity contribution in [3.05, 3.63) is 82.7 Å². The zero-order chi connectivity index (χ0) is 21.3. The van der Waals surface area contributed by atoms with E-state index in [1.54, 1.807) is 31.2 Å². The molecule has 1 unspecified atom stereocenters. The van der Waals surface area contributed by atoms with Gasteiger partial charge in [-0.25, -0.2) is 9.37 Å². The minimum absolute atomic E-state index is 0.0331. The standard InChI is InChI=1S/C23H23FN4O2/c1-14-6-5-8-18(21(14)27-22(29)17-7-3-4-9-19(17)24)23(30)26-16-10-11-20-25-15(2)12-28(20)13-16/h3-9,12,16H,10-11,13H2,1-2H3,(H,26,30)(H,27,29). The Bertz CT molecular complexity index is 1120. The summed E-state index contributed by atoms with van der Waals surface area (Å²) in [5, 5.41) is 5.78. The van der Waals surface area contributed by atoms with Gasteiger partial charge in [0, 0.05) is 25.2 Å². The number of fused-ring (bicyclic) bond motifs is 1. The molecule has 6 nitrogen and oxygen atoms in total. The molecule has 2 N–H and O–H groups in total. The van der Waals surface area contributed by atoms with E-state index >= 15 is 0 Å². The number of hydrogen-bond donors (Lipinski definition) is 2. The van der Waals surface area contributed by atoms with Gasteiger partial charge in [-0.05, 0) is 44.0 Å². The van der Waals surface area contributed by atoms with Crippen molar-refractivity contribution in [3.63, 3.8) is 0 Å². The molecule has 0 bridgehead atoms. The molecular weight excluding hydrogens is 383 g/mol. The van der Waals surface area contributed by atoms with Crippen LogP contribution in [0.25, 0.3) is 0 Å². The Morgan fingerprint density at radius 1 is 1.07 bits per heavy atom. The lowest BCUT2D eigenvalue weighted by atomic mass is 10.0. The number of carbonyl (C=O) groups is 2. The van der Waals surface area contributed by atoms with Crippen LogP contribution in [0.15, 0.2) is 48.7 Å². The molecule has 0 fully saturated rings. The summed E-state index contributed by atoms with van der Waals surface area (Å²) in [5.74, 6) is -0.435. The Kier molecular flexibility index (Phi) is 5.35. The molecule has 0 aliphatic carbocycles. The number of rotatable bonds is 4. The maximum atomic E-state index is 14.0. The Balaban J connectivity index is 1.53. The summed E-state index contributed by atoms with van der Waals surface area (Å²) >= 11 is 0. The zero-order valence-corrected chi connectivity index (χ0v) is 16.9. The lowest BCUT2D eigenvalue weighted by Crippen LogP contribution is -2.41. The van der Waals surface area contributed by atoms with Crippen LogP contribution in [0.1, 0.15) is 44.2 Å². The molecule has 2 aromatic carbocycles. The maximum absolute atomic E-state index is 14.0. The molecule has 154 valence electrons. The lowest BCUT2D eigenvalue weighted by molar-refractivity contribution is 0.0928. The van der Waals surface area contributed by atoms with Crippen LogP contribution >= 0.6 is 0 Å². The van der Waals surface area contributed by atoms with Gasteiger partial charge in [0.15, 0.2) is 0 Å². The molecule has 2 amide bonds. The van der Waals surface area contributed by atoms with Gasteiger partial charge in [0.25, 0.3) is 11.8 Å². The second-order valence-electron chi connectivity index (χ2n) is 7.59. The Morgan fingerprint density at radius 3 is 2.63 bits per heavy atom. The maximum Gasteiger partial charge on any atom is 0.258 e. The average molecular weight is 406 g/mol. The molecule has 0 saturated carbocycles. The summed E-state index contributed by atoms with van der Waals surface area (Å²) in [4.78, 5) is 30.1. The number of nitrogens with one attached hydrogen (secondary N) is 2. The SMILES string of the molecule is Cc1cn2c(n1)CCC(NC(=O)c1cccc(C)c1NC(=O)c1ccccc1F)C2. The van der Waals surface area contributed by atoms with Gasteiger partial charge in [0.05, 0.1) is 22.5 Å². The molecule has 30 heavy (non-hydrogen) atoms. The molecule has 2 heterocycles. The molecule has 0 spiro atoms. The van der Waals surface area contributed by atoms with Gasteiger partial charge in [0.2, 0.25) is 0 Å². The minimum Gasteiger partial charge on any atom is -0.347 e. The Hall–Kier alpha value is -3.48. The van der Waals surface area contributed by atoms with Crippen LogP contribution in [0.5, 0.6) is 0 Å². The fourth-order valence-electron chi connectivity index (χ4n) is 3.82. The molecule has 7 heteroatoms. The van der Waals surface area contributed by atoms with E-state index in [-0.39, 0.29) is 17.5 Å². The highest BCUT2D eigenvalue weighted by Crippen LogP contribution is 2.23. The molecule has 1 aliphatic heterocycles. The van der Waals surface area contributed by atoms with Gasteiger partial charge in [-0.2, -0.15) is 0 Å². The molecule has 4 rings (SSSR count). The first-order chi connectivity index (χ1) is 14.4. The average Bonchev–Trinajstić information content (AvgIpc) is 3.09. The third-order valence-electron chi connectivity index (χ3n) is 5.32. The van der Waals surface area contributed by atoms with Crippen LogP contribution in [-0.4, -0.2) is 27.4 Å². The van der Waals surface area contributed by atoms with Gasteiger partial charge >= 0.3 is 0 Å². The first-order valence-electron chi connectivity index (χ1n) is 9.91. The largest absolute Gasteiger partial charge is 0.347 e. The molecule has 0 radical (unpaired) electrons. The topological polar surface area (TPSA) is 76.0 Å². The van der Waals surface area contributed by atoms with Crippen LogP contribution < -0.4 is 10.6 Å². The Morgan fingerprint density at radius 2 is 1.83 bits per heavy atom. The minimum atomic E-state index is -0.608. The van der Waals surface area contributed by atoms with Crippen molar-refractivity contribution in [1.29, 1.82) is 0 Å². The number of para-hydroxylation sites is 1. The van der Waals surface area contributed by atoms with Crippen molar-refractivity contribution < 1.29 is 14.0 Å². The summed E-state index contributed by atoms with van der Waals surface area (Å²) in [5.41, 5.74) is 2.37. The van der Waals surface area contributed by atoms with Crippen LogP contribution in [0.4, 0.5) is 10.1 Å². The molecule has 3 aromatic rings. The van der Waals surface area contributed by atoms with Gasteiger partial charge in [-0.1, -0.05) is 24.3 Å². The number of anilines is 1. The van der Waals surface area contributed by atoms with E-state index in [1.807, 2.05) is 13.1 Å². The van der Waals surface area contributed by atoms with E-state index in [1.165, 1.54) is 18.2 Å². The molecule has 0 saturated heterocycles. The van der Waals surface area contributed by atoms with E-state index in [9.17, 15) is 14.0 Å². The quantitative estimate of drug-likeness (QED) is 0.695. The van der Waals surface area contributed by atoms with Crippen molar-refractivity contribution in [2.45, 2.75) is 39.3 Å². The van der Waals surface area contributed by atoms with Crippen molar-refractivity contribution >= 4 is 17.5 Å². The van der Waals surface area contributed by atoms with Crippen molar-refractivity contribution in [2.24, 2.45) is 0 Å². The van der Waals surface area contributed by atoms with Gasteiger partial charge < -0.3 is 15.2 Å². The number of imidazole rings is 1. The zero-order valence-electron chi connectivity index (χ0n) is 16.9. The van der Waals surface area contributed by atoms with Crippen molar-refractivity contribution in [2.75, 3.05) is 5.32 Å². The second-order valence-corrected chi connectivity index (χ2v) is 7.59. The number of aromatic nitrogens is 2. The third-order valence-corrected chi connectivity index (χ3v) is 5.32. The highest BCUT2D eigenvalue weighted by atomic mass is 19.1. The number of amides is 2. The number of carbonyl (C=O) groups excluding carboxylic acids is 2. The van der Waals surface area contributed by atoms with E-state index in [0.29, 0.717) is 17.8 Å². The van der Waals surface area contributed by atoms with Gasteiger partial charge in [-0.15, -0.1) is 0 Å². The van der Waals surface area contributed by atoms with Crippen LogP contribution in [-0.2, 0) is 13.0 Å². The van der Waals surface area contributed by atoms with Crippen molar-refractivity contribution in [3.8, 4) is 0 Å². The fourth-order valence-corrected chi connectivity index (χ4v) is 3.82. The van der Waals surface area contributed by atoms with Crippen LogP contribution in [0.2, 0.25) is 0 Å². The highest BCUT2D eigenvalue weighted by molar-refractivity contribution is 6.09. The first-order valence-corrected chi connectivity index (χ1v) is 9.91. The van der Waals surface area contributed by atoms with E-state index in [0.717, 1.165) is 29.9 Å². The van der Waals surface area contributed by atoms with E-state index in [2.05, 4.69) is 20.2 Å². The summed E-state index contributed by atoms with van der Waals surface area (Å²) in [6.07, 6.45) is 3.58. The summed E-state index contributed by atoms with van der Waals surface area (Å²) in [6.45, 7) is 4.41. The molecule has 1 aromatic heterocycles. The number of nitrogens with zero attached hydrogens (tertiary/aromatic N) is 2. The van der Waals surface area contributed by atoms with E-state index in [4.69, 9.17) is 0 Å². The molecule has 1 aliphatic rings. The molecular formula is C23H23FN4O2. The first kappa shape index (κ1) is 19.8. The number of aryl methyl sites for hydroxylation is 3. The normalized spacial score (nSPS) is 15.4. The number of hydrogen-bond acceptors (Lipinski definition) is 3. The van der Waals surface area contributed by atoms with Gasteiger partial charge in [-0.3, -0.25) is 9.59 Å². The summed E-state index contributed by atoms with van der Waals surface area (Å²) in [7, 11) is 0. The predicted molar refractivity (Wildman–Crippen MR) is 112 cm³/mol. The smallest absolute Gasteiger partial charge is 0.258 e. The summed E-state index contributed by atoms with van der Waals surface area (Å²) in [6, 6.07) is 11.0. The van der Waals surface area contributed by atoms with Gasteiger partial charge in [0.1, 0.15) is 11.6 Å². The Labute approximate surface area is 174 Å². The van der Waals surface area contributed by atoms with Crippen LogP contribution in [0, 0.1) is 19.7 Å². The number of halogens is 1. The monoisotopic (exact) mass is 406 g/mol. The van der Waals surface area contributed by atoms with Crippen LogP contribution in [0.3, 0.4) is 0 Å².